The molecule has 0 aromatic rings. The Labute approximate surface area is 228 Å². The molecule has 0 heterocycles. The molecule has 0 aliphatic carbocycles. The van der Waals surface area contributed by atoms with Gasteiger partial charge in [0, 0.05) is 0 Å². The number of rotatable bonds is 24. The van der Waals surface area contributed by atoms with E-state index in [0.717, 1.165) is 64.2 Å². The zero-order valence-corrected chi connectivity index (χ0v) is 27.8. The molecule has 0 saturated heterocycles. The molecule has 0 spiro atoms. The third-order valence-corrected chi connectivity index (χ3v) is 6.98. The van der Waals surface area contributed by atoms with E-state index >= 15 is 0 Å². The van der Waals surface area contributed by atoms with E-state index in [4.69, 9.17) is 18.1 Å². The molecule has 2 atom stereocenters. The second kappa shape index (κ2) is 29.4. The fourth-order valence-corrected chi connectivity index (χ4v) is 4.39. The molecule has 0 fully saturated rings. The summed E-state index contributed by atoms with van der Waals surface area (Å²) < 4.78 is 41.4. The fraction of sp³-hybridized carbons (Fsp3) is 1.00. The van der Waals surface area contributed by atoms with Crippen LogP contribution in [0.1, 0.15) is 130 Å². The summed E-state index contributed by atoms with van der Waals surface area (Å²) in [5.74, 6) is 0. The Morgan fingerprint density at radius 3 is 0.943 bits per heavy atom. The van der Waals surface area contributed by atoms with Gasteiger partial charge in [0.25, 0.3) is 15.6 Å². The first-order chi connectivity index (χ1) is 16.2. The molecule has 0 aliphatic rings. The largest absolute Gasteiger partial charge is 2.00 e. The van der Waals surface area contributed by atoms with Crippen molar-refractivity contribution >= 4 is 15.6 Å². The van der Waals surface area contributed by atoms with E-state index in [1.54, 1.807) is 0 Å². The summed E-state index contributed by atoms with van der Waals surface area (Å²) in [6.45, 7) is 9.26. The third kappa shape index (κ3) is 34.8. The van der Waals surface area contributed by atoms with Gasteiger partial charge in [-0.25, -0.2) is 0 Å². The van der Waals surface area contributed by atoms with Gasteiger partial charge in [0.2, 0.25) is 0 Å². The monoisotopic (exact) mass is 594 g/mol. The molecule has 35 heavy (non-hydrogen) atoms. The standard InChI is InChI=1S/2C12H27O4P.Zn/c2*1-3-5-7-8-9-10-12-16-17(13,14)15-11-6-4-2;/h2*3-12H2,1-2H3,(H,13,14);/q;;+2/p-2. The first-order valence-electron chi connectivity index (χ1n) is 13.4. The van der Waals surface area contributed by atoms with Gasteiger partial charge in [0.15, 0.2) is 0 Å². The number of unbranched alkanes of at least 4 members (excludes halogenated alkanes) is 12. The van der Waals surface area contributed by atoms with E-state index in [0.29, 0.717) is 0 Å². The Kier molecular flexibility index (Phi) is 33.9. The van der Waals surface area contributed by atoms with Crippen molar-refractivity contribution in [1.29, 1.82) is 0 Å². The molecule has 0 saturated carbocycles. The van der Waals surface area contributed by atoms with Gasteiger partial charge in [-0.2, -0.15) is 0 Å². The molecular formula is C24H52O8P2Zn. The predicted molar refractivity (Wildman–Crippen MR) is 136 cm³/mol. The second-order valence-electron chi connectivity index (χ2n) is 8.47. The molecule has 0 aromatic heterocycles. The van der Waals surface area contributed by atoms with Crippen molar-refractivity contribution in [3.05, 3.63) is 0 Å². The molecule has 8 nitrogen and oxygen atoms in total. The molecule has 208 valence electrons. The van der Waals surface area contributed by atoms with Gasteiger partial charge < -0.3 is 27.9 Å². The molecule has 0 amide bonds. The van der Waals surface area contributed by atoms with Gasteiger partial charge in [0.1, 0.15) is 0 Å². The summed E-state index contributed by atoms with van der Waals surface area (Å²) in [6, 6.07) is 0. The van der Waals surface area contributed by atoms with E-state index < -0.39 is 15.6 Å². The summed E-state index contributed by atoms with van der Waals surface area (Å²) in [7, 11) is -8.07. The Morgan fingerprint density at radius 2 is 0.657 bits per heavy atom. The summed E-state index contributed by atoms with van der Waals surface area (Å²) in [4.78, 5) is 22.4. The first-order valence-corrected chi connectivity index (χ1v) is 16.4. The van der Waals surface area contributed by atoms with Gasteiger partial charge in [-0.05, 0) is 25.7 Å². The van der Waals surface area contributed by atoms with Crippen molar-refractivity contribution in [1.82, 2.24) is 0 Å². The van der Waals surface area contributed by atoms with Crippen LogP contribution in [0.4, 0.5) is 0 Å². The SMILES string of the molecule is CCCCCCCCOP(=O)([O-])OCCCC.CCCCCCCCOP(=O)([O-])OCCCC.[Zn+2]. The minimum atomic E-state index is -4.03. The van der Waals surface area contributed by atoms with Crippen LogP contribution in [0, 0.1) is 0 Å². The van der Waals surface area contributed by atoms with Gasteiger partial charge >= 0.3 is 19.5 Å². The van der Waals surface area contributed by atoms with Gasteiger partial charge in [-0.3, -0.25) is 9.13 Å². The number of phosphoric ester groups is 2. The van der Waals surface area contributed by atoms with Crippen molar-refractivity contribution in [3.8, 4) is 0 Å². The first kappa shape index (κ1) is 40.3. The molecule has 0 aliphatic heterocycles. The Hall–Kier alpha value is 0.843. The minimum absolute atomic E-state index is 0. The topological polar surface area (TPSA) is 117 Å². The molecule has 0 radical (unpaired) electrons. The summed E-state index contributed by atoms with van der Waals surface area (Å²) in [5.41, 5.74) is 0. The van der Waals surface area contributed by atoms with Crippen molar-refractivity contribution in [2.75, 3.05) is 26.4 Å². The van der Waals surface area contributed by atoms with E-state index in [2.05, 4.69) is 13.8 Å². The Bertz CT molecular complexity index is 468. The van der Waals surface area contributed by atoms with Gasteiger partial charge in [-0.1, -0.05) is 105 Å². The maximum atomic E-state index is 11.2. The second-order valence-corrected chi connectivity index (χ2v) is 11.3. The van der Waals surface area contributed by atoms with Crippen molar-refractivity contribution in [2.24, 2.45) is 0 Å². The van der Waals surface area contributed by atoms with Crippen LogP contribution in [0.2, 0.25) is 0 Å². The minimum Gasteiger partial charge on any atom is -0.756 e. The van der Waals surface area contributed by atoms with Crippen LogP contribution < -0.4 is 9.79 Å². The average molecular weight is 596 g/mol. The maximum absolute atomic E-state index is 11.2. The average Bonchev–Trinajstić information content (AvgIpc) is 2.78. The van der Waals surface area contributed by atoms with Crippen molar-refractivity contribution in [3.63, 3.8) is 0 Å². The fourth-order valence-electron chi connectivity index (χ4n) is 2.83. The Morgan fingerprint density at radius 1 is 0.429 bits per heavy atom. The molecule has 0 aromatic carbocycles. The molecule has 2 unspecified atom stereocenters. The van der Waals surface area contributed by atoms with Crippen LogP contribution in [0.5, 0.6) is 0 Å². The van der Waals surface area contributed by atoms with Crippen LogP contribution in [0.15, 0.2) is 0 Å². The van der Waals surface area contributed by atoms with E-state index in [9.17, 15) is 18.9 Å². The van der Waals surface area contributed by atoms with Gasteiger partial charge in [0.05, 0.1) is 26.4 Å². The van der Waals surface area contributed by atoms with Crippen molar-refractivity contribution < 1.29 is 56.5 Å². The predicted octanol–water partition coefficient (Wildman–Crippen LogP) is 7.29. The van der Waals surface area contributed by atoms with Crippen molar-refractivity contribution in [2.45, 2.75) is 130 Å². The maximum Gasteiger partial charge on any atom is 2.00 e. The zero-order valence-electron chi connectivity index (χ0n) is 23.0. The number of hydrogen-bond donors (Lipinski definition) is 0. The van der Waals surface area contributed by atoms with E-state index in [1.165, 1.54) is 38.5 Å². The molecule has 0 rings (SSSR count). The molecule has 11 heteroatoms. The number of hydrogen-bond acceptors (Lipinski definition) is 8. The summed E-state index contributed by atoms with van der Waals surface area (Å²) >= 11 is 0. The molecular weight excluding hydrogens is 544 g/mol. The quantitative estimate of drug-likeness (QED) is 0.0648. The third-order valence-electron chi connectivity index (χ3n) is 4.99. The summed E-state index contributed by atoms with van der Waals surface area (Å²) in [6.07, 6.45) is 16.6. The molecule has 0 bridgehead atoms. The number of phosphoric acid groups is 2. The Balaban J connectivity index is -0.000000569. The van der Waals surface area contributed by atoms with Crippen LogP contribution >= 0.6 is 15.6 Å². The zero-order chi connectivity index (χ0) is 26.0. The van der Waals surface area contributed by atoms with Crippen LogP contribution in [0.25, 0.3) is 0 Å². The van der Waals surface area contributed by atoms with E-state index in [-0.39, 0.29) is 45.9 Å². The van der Waals surface area contributed by atoms with Crippen LogP contribution in [0.3, 0.4) is 0 Å². The smallest absolute Gasteiger partial charge is 0.756 e. The van der Waals surface area contributed by atoms with Gasteiger partial charge in [-0.15, -0.1) is 0 Å². The normalized spacial score (nSPS) is 14.3. The summed E-state index contributed by atoms with van der Waals surface area (Å²) in [5, 5.41) is 0. The van der Waals surface area contributed by atoms with Crippen LogP contribution in [-0.2, 0) is 46.7 Å². The van der Waals surface area contributed by atoms with E-state index in [1.807, 2.05) is 13.8 Å². The van der Waals surface area contributed by atoms with Crippen LogP contribution in [-0.4, -0.2) is 26.4 Å². The molecule has 0 N–H and O–H groups in total.